The lowest BCUT2D eigenvalue weighted by Gasteiger charge is -2.33. The van der Waals surface area contributed by atoms with Crippen LogP contribution in [0.2, 0.25) is 0 Å². The number of urea groups is 1. The molecule has 1 saturated heterocycles. The van der Waals surface area contributed by atoms with Crippen LogP contribution >= 0.6 is 0 Å². The molecule has 2 N–H and O–H groups in total. The molecule has 1 atom stereocenters. The summed E-state index contributed by atoms with van der Waals surface area (Å²) in [5.74, 6) is 0.0701. The third kappa shape index (κ3) is 2.74. The number of halogens is 1. The Hall–Kier alpha value is -1.62. The average molecular weight is 237 g/mol. The SMILES string of the molecule is CNCC1CNC(=O)N(c2ccc(F)cc2)C1. The molecule has 5 heteroatoms. The first-order chi connectivity index (χ1) is 8.20. The second-order valence-corrected chi connectivity index (χ2v) is 4.20. The topological polar surface area (TPSA) is 44.4 Å². The van der Waals surface area contributed by atoms with Gasteiger partial charge in [-0.1, -0.05) is 0 Å². The molecule has 92 valence electrons. The fraction of sp³-hybridized carbons (Fsp3) is 0.417. The summed E-state index contributed by atoms with van der Waals surface area (Å²) in [5, 5.41) is 5.93. The Morgan fingerprint density at radius 2 is 2.18 bits per heavy atom. The van der Waals surface area contributed by atoms with Crippen LogP contribution in [0.4, 0.5) is 14.9 Å². The van der Waals surface area contributed by atoms with Gasteiger partial charge >= 0.3 is 6.03 Å². The van der Waals surface area contributed by atoms with Crippen molar-refractivity contribution in [2.24, 2.45) is 5.92 Å². The molecule has 4 nitrogen and oxygen atoms in total. The van der Waals surface area contributed by atoms with Gasteiger partial charge in [-0.3, -0.25) is 4.90 Å². The Morgan fingerprint density at radius 3 is 2.82 bits per heavy atom. The van der Waals surface area contributed by atoms with Crippen LogP contribution in [0.3, 0.4) is 0 Å². The Kier molecular flexibility index (Phi) is 3.58. The number of anilines is 1. The molecule has 1 fully saturated rings. The Labute approximate surface area is 99.8 Å². The standard InChI is InChI=1S/C12H16FN3O/c1-14-6-9-7-15-12(17)16(8-9)11-4-2-10(13)3-5-11/h2-5,9,14H,6-8H2,1H3,(H,15,17). The molecular formula is C12H16FN3O. The van der Waals surface area contributed by atoms with Gasteiger partial charge in [-0.15, -0.1) is 0 Å². The number of hydrogen-bond acceptors (Lipinski definition) is 2. The van der Waals surface area contributed by atoms with Crippen molar-refractivity contribution in [2.75, 3.05) is 31.6 Å². The van der Waals surface area contributed by atoms with Crippen LogP contribution in [-0.4, -0.2) is 32.7 Å². The quantitative estimate of drug-likeness (QED) is 0.829. The minimum absolute atomic E-state index is 0.121. The van der Waals surface area contributed by atoms with Gasteiger partial charge in [-0.25, -0.2) is 9.18 Å². The first-order valence-corrected chi connectivity index (χ1v) is 5.66. The van der Waals surface area contributed by atoms with Crippen molar-refractivity contribution >= 4 is 11.7 Å². The molecule has 1 unspecified atom stereocenters. The Morgan fingerprint density at radius 1 is 1.47 bits per heavy atom. The van der Waals surface area contributed by atoms with Crippen molar-refractivity contribution in [3.8, 4) is 0 Å². The van der Waals surface area contributed by atoms with E-state index < -0.39 is 0 Å². The highest BCUT2D eigenvalue weighted by Crippen LogP contribution is 2.18. The molecule has 2 amide bonds. The monoisotopic (exact) mass is 237 g/mol. The molecule has 2 rings (SSSR count). The molecular weight excluding hydrogens is 221 g/mol. The predicted octanol–water partition coefficient (Wildman–Crippen LogP) is 1.19. The molecule has 0 aliphatic carbocycles. The van der Waals surface area contributed by atoms with E-state index in [1.54, 1.807) is 17.0 Å². The molecule has 1 aromatic rings. The van der Waals surface area contributed by atoms with Gasteiger partial charge < -0.3 is 10.6 Å². The molecule has 0 radical (unpaired) electrons. The number of nitrogens with zero attached hydrogens (tertiary/aromatic N) is 1. The van der Waals surface area contributed by atoms with Crippen molar-refractivity contribution in [1.29, 1.82) is 0 Å². The summed E-state index contributed by atoms with van der Waals surface area (Å²) in [6.07, 6.45) is 0. The maximum atomic E-state index is 12.8. The highest BCUT2D eigenvalue weighted by atomic mass is 19.1. The summed E-state index contributed by atoms with van der Waals surface area (Å²) < 4.78 is 12.8. The van der Waals surface area contributed by atoms with Crippen molar-refractivity contribution in [1.82, 2.24) is 10.6 Å². The molecule has 1 aromatic carbocycles. The smallest absolute Gasteiger partial charge is 0.321 e. The molecule has 0 spiro atoms. The largest absolute Gasteiger partial charge is 0.337 e. The summed E-state index contributed by atoms with van der Waals surface area (Å²) >= 11 is 0. The van der Waals surface area contributed by atoms with Gasteiger partial charge in [0.15, 0.2) is 0 Å². The summed E-state index contributed by atoms with van der Waals surface area (Å²) in [4.78, 5) is 13.4. The van der Waals surface area contributed by atoms with Gasteiger partial charge in [-0.05, 0) is 31.3 Å². The predicted molar refractivity (Wildman–Crippen MR) is 64.6 cm³/mol. The maximum absolute atomic E-state index is 12.8. The highest BCUT2D eigenvalue weighted by molar-refractivity contribution is 5.92. The molecule has 1 aliphatic rings. The number of carbonyl (C=O) groups excluding carboxylic acids is 1. The number of amides is 2. The van der Waals surface area contributed by atoms with Crippen LogP contribution < -0.4 is 15.5 Å². The number of carbonyl (C=O) groups is 1. The van der Waals surface area contributed by atoms with Crippen molar-refractivity contribution in [2.45, 2.75) is 0 Å². The average Bonchev–Trinajstić information content (AvgIpc) is 2.33. The van der Waals surface area contributed by atoms with E-state index in [2.05, 4.69) is 10.6 Å². The zero-order chi connectivity index (χ0) is 12.3. The van der Waals surface area contributed by atoms with Gasteiger partial charge in [0.2, 0.25) is 0 Å². The zero-order valence-corrected chi connectivity index (χ0v) is 9.74. The third-order valence-corrected chi connectivity index (χ3v) is 2.86. The number of benzene rings is 1. The van der Waals surface area contributed by atoms with Crippen LogP contribution in [-0.2, 0) is 0 Å². The van der Waals surface area contributed by atoms with E-state index in [9.17, 15) is 9.18 Å². The van der Waals surface area contributed by atoms with E-state index in [0.717, 1.165) is 12.2 Å². The summed E-state index contributed by atoms with van der Waals surface area (Å²) in [6.45, 7) is 2.17. The second-order valence-electron chi connectivity index (χ2n) is 4.20. The third-order valence-electron chi connectivity index (χ3n) is 2.86. The first-order valence-electron chi connectivity index (χ1n) is 5.66. The Balaban J connectivity index is 2.12. The van der Waals surface area contributed by atoms with Crippen molar-refractivity contribution in [3.63, 3.8) is 0 Å². The minimum atomic E-state index is -0.294. The fourth-order valence-electron chi connectivity index (χ4n) is 2.00. The van der Waals surface area contributed by atoms with Gasteiger partial charge in [-0.2, -0.15) is 0 Å². The van der Waals surface area contributed by atoms with Crippen molar-refractivity contribution < 1.29 is 9.18 Å². The molecule has 0 saturated carbocycles. The zero-order valence-electron chi connectivity index (χ0n) is 9.74. The molecule has 17 heavy (non-hydrogen) atoms. The lowest BCUT2D eigenvalue weighted by molar-refractivity contribution is 0.236. The van der Waals surface area contributed by atoms with E-state index in [1.807, 2.05) is 7.05 Å². The fourth-order valence-corrected chi connectivity index (χ4v) is 2.00. The van der Waals surface area contributed by atoms with E-state index in [1.165, 1.54) is 12.1 Å². The molecule has 0 aromatic heterocycles. The number of nitrogens with one attached hydrogen (secondary N) is 2. The lowest BCUT2D eigenvalue weighted by atomic mass is 10.1. The number of hydrogen-bond donors (Lipinski definition) is 2. The summed E-state index contributed by atoms with van der Waals surface area (Å²) in [7, 11) is 1.89. The van der Waals surface area contributed by atoms with Crippen LogP contribution in [0, 0.1) is 11.7 Å². The van der Waals surface area contributed by atoms with E-state index in [0.29, 0.717) is 19.0 Å². The second kappa shape index (κ2) is 5.14. The van der Waals surface area contributed by atoms with Crippen LogP contribution in [0.15, 0.2) is 24.3 Å². The van der Waals surface area contributed by atoms with E-state index in [4.69, 9.17) is 0 Å². The van der Waals surface area contributed by atoms with Gasteiger partial charge in [0.25, 0.3) is 0 Å². The van der Waals surface area contributed by atoms with Crippen LogP contribution in [0.25, 0.3) is 0 Å². The van der Waals surface area contributed by atoms with Crippen LogP contribution in [0.5, 0.6) is 0 Å². The summed E-state index contributed by atoms with van der Waals surface area (Å²) in [6, 6.07) is 5.85. The molecule has 1 heterocycles. The van der Waals surface area contributed by atoms with Crippen molar-refractivity contribution in [3.05, 3.63) is 30.1 Å². The van der Waals surface area contributed by atoms with Gasteiger partial charge in [0.05, 0.1) is 0 Å². The van der Waals surface area contributed by atoms with E-state index in [-0.39, 0.29) is 11.8 Å². The molecule has 1 aliphatic heterocycles. The minimum Gasteiger partial charge on any atom is -0.337 e. The Bertz CT molecular complexity index is 393. The highest BCUT2D eigenvalue weighted by Gasteiger charge is 2.25. The molecule has 0 bridgehead atoms. The summed E-state index contributed by atoms with van der Waals surface area (Å²) in [5.41, 5.74) is 0.727. The van der Waals surface area contributed by atoms with Gasteiger partial charge in [0, 0.05) is 31.2 Å². The normalized spacial score (nSPS) is 20.2. The van der Waals surface area contributed by atoms with Gasteiger partial charge in [0.1, 0.15) is 5.82 Å². The van der Waals surface area contributed by atoms with Crippen LogP contribution in [0.1, 0.15) is 0 Å². The lowest BCUT2D eigenvalue weighted by Crippen LogP contribution is -2.53. The maximum Gasteiger partial charge on any atom is 0.321 e. The number of rotatable bonds is 3. The first kappa shape index (κ1) is 11.9. The van der Waals surface area contributed by atoms with E-state index >= 15 is 0 Å².